The van der Waals surface area contributed by atoms with E-state index in [0.29, 0.717) is 17.3 Å². The Hall–Kier alpha value is -2.41. The summed E-state index contributed by atoms with van der Waals surface area (Å²) in [6, 6.07) is 6.56. The van der Waals surface area contributed by atoms with Crippen LogP contribution in [0.25, 0.3) is 10.8 Å². The van der Waals surface area contributed by atoms with Crippen LogP contribution in [0.4, 0.5) is 0 Å². The number of hydrogen-bond donors (Lipinski definition) is 2. The minimum Gasteiger partial charge on any atom is -0.353 e. The van der Waals surface area contributed by atoms with Gasteiger partial charge in [0.05, 0.1) is 10.8 Å². The topological polar surface area (TPSA) is 87.2 Å². The highest BCUT2D eigenvalue weighted by atomic mass is 16.2. The van der Waals surface area contributed by atoms with E-state index >= 15 is 0 Å². The lowest BCUT2D eigenvalue weighted by Gasteiger charge is -2.18. The predicted molar refractivity (Wildman–Crippen MR) is 89.6 cm³/mol. The number of likely N-dealkylation sites (N-methyl/N-ethyl adjacent to an activating group) is 1. The lowest BCUT2D eigenvalue weighted by atomic mass is 10.2. The number of nitrogens with zero attached hydrogens (tertiary/aromatic N) is 2. The molecule has 0 aliphatic carbocycles. The van der Waals surface area contributed by atoms with Crippen LogP contribution in [0.5, 0.6) is 0 Å². The largest absolute Gasteiger partial charge is 0.353 e. The van der Waals surface area contributed by atoms with Crippen molar-refractivity contribution in [2.24, 2.45) is 0 Å². The summed E-state index contributed by atoms with van der Waals surface area (Å²) in [7, 11) is 0. The van der Waals surface area contributed by atoms with Gasteiger partial charge in [-0.1, -0.05) is 26.0 Å². The Balaban J connectivity index is 2.07. The molecule has 1 amide bonds. The molecular formula is C16H22N4O3. The molecule has 7 nitrogen and oxygen atoms in total. The second-order valence-corrected chi connectivity index (χ2v) is 5.25. The van der Waals surface area contributed by atoms with Crippen molar-refractivity contribution in [1.82, 2.24) is 20.0 Å². The van der Waals surface area contributed by atoms with Gasteiger partial charge in [0.15, 0.2) is 0 Å². The second kappa shape index (κ2) is 7.73. The monoisotopic (exact) mass is 318 g/mol. The molecule has 7 heteroatoms. The Morgan fingerprint density at radius 3 is 2.48 bits per heavy atom. The van der Waals surface area contributed by atoms with E-state index in [1.165, 1.54) is 0 Å². The molecule has 0 aliphatic heterocycles. The molecule has 0 aliphatic rings. The van der Waals surface area contributed by atoms with Gasteiger partial charge in [-0.15, -0.1) is 0 Å². The molecule has 2 rings (SSSR count). The molecule has 1 aromatic heterocycles. The average molecular weight is 318 g/mol. The fraction of sp³-hybridized carbons (Fsp3) is 0.438. The summed E-state index contributed by atoms with van der Waals surface area (Å²) in [6.07, 6.45) is 0. The first-order valence-corrected chi connectivity index (χ1v) is 7.77. The zero-order chi connectivity index (χ0) is 16.8. The van der Waals surface area contributed by atoms with E-state index in [0.717, 1.165) is 24.3 Å². The zero-order valence-electron chi connectivity index (χ0n) is 13.5. The minimum atomic E-state index is -0.379. The number of benzene rings is 1. The second-order valence-electron chi connectivity index (χ2n) is 5.25. The number of rotatable bonds is 7. The average Bonchev–Trinajstić information content (AvgIpc) is 2.56. The number of carbonyl (C=O) groups is 1. The maximum atomic E-state index is 12.3. The highest BCUT2D eigenvalue weighted by Gasteiger charge is 2.10. The van der Waals surface area contributed by atoms with Gasteiger partial charge in [0.25, 0.3) is 11.1 Å². The molecule has 0 bridgehead atoms. The van der Waals surface area contributed by atoms with Crippen LogP contribution < -0.4 is 16.4 Å². The van der Waals surface area contributed by atoms with E-state index in [-0.39, 0.29) is 23.6 Å². The van der Waals surface area contributed by atoms with Crippen molar-refractivity contribution in [3.05, 3.63) is 45.0 Å². The summed E-state index contributed by atoms with van der Waals surface area (Å²) in [5.74, 6) is -0.301. The standard InChI is InChI=1S/C16H22N4O3/c1-3-19(4-2)10-9-17-14(21)11-20-16(23)13-8-6-5-7-12(13)15(22)18-20/h5-8H,3-4,9-11H2,1-2H3,(H,17,21)(H,18,22). The lowest BCUT2D eigenvalue weighted by Crippen LogP contribution is -2.39. The molecule has 124 valence electrons. The van der Waals surface area contributed by atoms with Crippen LogP contribution >= 0.6 is 0 Å². The molecule has 0 fully saturated rings. The summed E-state index contributed by atoms with van der Waals surface area (Å²) >= 11 is 0. The minimum absolute atomic E-state index is 0.197. The molecule has 0 saturated heterocycles. The van der Waals surface area contributed by atoms with Gasteiger partial charge in [-0.05, 0) is 25.2 Å². The molecule has 0 spiro atoms. The van der Waals surface area contributed by atoms with E-state index in [1.54, 1.807) is 24.3 Å². The van der Waals surface area contributed by atoms with Gasteiger partial charge in [-0.2, -0.15) is 0 Å². The molecule has 0 radical (unpaired) electrons. The third-order valence-electron chi connectivity index (χ3n) is 3.83. The number of aromatic nitrogens is 2. The lowest BCUT2D eigenvalue weighted by molar-refractivity contribution is -0.121. The zero-order valence-corrected chi connectivity index (χ0v) is 13.5. The van der Waals surface area contributed by atoms with Gasteiger partial charge in [-0.3, -0.25) is 19.5 Å². The van der Waals surface area contributed by atoms with Crippen molar-refractivity contribution < 1.29 is 4.79 Å². The van der Waals surface area contributed by atoms with Crippen LogP contribution in [0.15, 0.2) is 33.9 Å². The van der Waals surface area contributed by atoms with Gasteiger partial charge in [0.2, 0.25) is 5.91 Å². The summed E-state index contributed by atoms with van der Waals surface area (Å²) < 4.78 is 1.05. The van der Waals surface area contributed by atoms with E-state index < -0.39 is 0 Å². The van der Waals surface area contributed by atoms with Crippen LogP contribution in [-0.2, 0) is 11.3 Å². The van der Waals surface area contributed by atoms with Gasteiger partial charge in [0.1, 0.15) is 6.54 Å². The number of hydrogen-bond acceptors (Lipinski definition) is 4. The van der Waals surface area contributed by atoms with Gasteiger partial charge < -0.3 is 10.2 Å². The molecule has 0 unspecified atom stereocenters. The Kier molecular flexibility index (Phi) is 5.70. The summed E-state index contributed by atoms with van der Waals surface area (Å²) in [6.45, 7) is 7.02. The third kappa shape index (κ3) is 4.07. The highest BCUT2D eigenvalue weighted by Crippen LogP contribution is 2.02. The van der Waals surface area contributed by atoms with Crippen LogP contribution in [0, 0.1) is 0 Å². The highest BCUT2D eigenvalue weighted by molar-refractivity contribution is 5.81. The van der Waals surface area contributed by atoms with Crippen molar-refractivity contribution >= 4 is 16.7 Å². The molecule has 23 heavy (non-hydrogen) atoms. The number of aromatic amines is 1. The molecule has 2 N–H and O–H groups in total. The molecule has 0 atom stereocenters. The number of carbonyl (C=O) groups excluding carboxylic acids is 1. The maximum absolute atomic E-state index is 12.3. The van der Waals surface area contributed by atoms with Crippen LogP contribution in [0.3, 0.4) is 0 Å². The first kappa shape index (κ1) is 17.0. The van der Waals surface area contributed by atoms with Crippen LogP contribution in [0.1, 0.15) is 13.8 Å². The van der Waals surface area contributed by atoms with Crippen molar-refractivity contribution in [2.45, 2.75) is 20.4 Å². The smallest absolute Gasteiger partial charge is 0.273 e. The van der Waals surface area contributed by atoms with Crippen molar-refractivity contribution in [2.75, 3.05) is 26.2 Å². The first-order valence-electron chi connectivity index (χ1n) is 7.77. The fourth-order valence-corrected chi connectivity index (χ4v) is 2.45. The van der Waals surface area contributed by atoms with E-state index in [9.17, 15) is 14.4 Å². The SMILES string of the molecule is CCN(CC)CCNC(=O)Cn1[nH]c(=O)c2ccccc2c1=O. The molecule has 1 aromatic carbocycles. The van der Waals surface area contributed by atoms with Crippen molar-refractivity contribution in [1.29, 1.82) is 0 Å². The van der Waals surface area contributed by atoms with Crippen LogP contribution in [0.2, 0.25) is 0 Å². The first-order chi connectivity index (χ1) is 11.1. The van der Waals surface area contributed by atoms with E-state index in [1.807, 2.05) is 0 Å². The number of amides is 1. The quantitative estimate of drug-likeness (QED) is 0.761. The van der Waals surface area contributed by atoms with Gasteiger partial charge in [0, 0.05) is 13.1 Å². The maximum Gasteiger partial charge on any atom is 0.273 e. The van der Waals surface area contributed by atoms with Crippen molar-refractivity contribution in [3.8, 4) is 0 Å². The summed E-state index contributed by atoms with van der Waals surface area (Å²) in [5.41, 5.74) is -0.754. The molecule has 1 heterocycles. The number of fused-ring (bicyclic) bond motifs is 1. The fourth-order valence-electron chi connectivity index (χ4n) is 2.45. The van der Waals surface area contributed by atoms with Crippen molar-refractivity contribution in [3.63, 3.8) is 0 Å². The van der Waals surface area contributed by atoms with Gasteiger partial charge in [-0.25, -0.2) is 4.68 Å². The predicted octanol–water partition coefficient (Wildman–Crippen LogP) is 0.148. The van der Waals surface area contributed by atoms with Crippen LogP contribution in [-0.4, -0.2) is 46.8 Å². The Morgan fingerprint density at radius 2 is 1.83 bits per heavy atom. The molecule has 2 aromatic rings. The number of H-pyrrole nitrogens is 1. The summed E-state index contributed by atoms with van der Waals surface area (Å²) in [4.78, 5) is 38.4. The third-order valence-corrected chi connectivity index (χ3v) is 3.83. The Morgan fingerprint density at radius 1 is 1.17 bits per heavy atom. The van der Waals surface area contributed by atoms with Gasteiger partial charge >= 0.3 is 0 Å². The molecule has 0 saturated carbocycles. The van der Waals surface area contributed by atoms with E-state index in [2.05, 4.69) is 29.2 Å². The summed E-state index contributed by atoms with van der Waals surface area (Å²) in [5, 5.41) is 5.85. The Bertz CT molecular complexity index is 790. The van der Waals surface area contributed by atoms with E-state index in [4.69, 9.17) is 0 Å². The Labute approximate surface area is 133 Å². The normalized spacial score (nSPS) is 11.1. The number of nitrogens with one attached hydrogen (secondary N) is 2. The molecular weight excluding hydrogens is 296 g/mol.